The summed E-state index contributed by atoms with van der Waals surface area (Å²) in [5.41, 5.74) is 1.76. The highest BCUT2D eigenvalue weighted by atomic mass is 35.5. The van der Waals surface area contributed by atoms with Crippen LogP contribution in [0.5, 0.6) is 0 Å². The number of hydrogen-bond acceptors (Lipinski definition) is 2. The molecule has 0 amide bonds. The van der Waals surface area contributed by atoms with Gasteiger partial charge in [-0.25, -0.2) is 0 Å². The molecule has 2 aromatic rings. The van der Waals surface area contributed by atoms with E-state index in [1.54, 1.807) is 6.20 Å². The van der Waals surface area contributed by atoms with Crippen LogP contribution in [0.4, 0.5) is 0 Å². The monoisotopic (exact) mass is 289 g/mol. The standard InChI is InChI=1S/C17H20ClNO/c1-11-4-2-5-12(10-11)17(20)14-7-8-15(18)13-6-3-9-19-16(13)14/h3,6-9,11-12,17,20H,2,4-5,10H2,1H3. The third-order valence-electron chi connectivity index (χ3n) is 4.49. The van der Waals surface area contributed by atoms with E-state index in [4.69, 9.17) is 11.6 Å². The molecule has 1 aromatic heterocycles. The normalized spacial score (nSPS) is 24.8. The van der Waals surface area contributed by atoms with E-state index in [9.17, 15) is 5.11 Å². The maximum absolute atomic E-state index is 10.8. The number of nitrogens with zero attached hydrogens (tertiary/aromatic N) is 1. The molecule has 1 N–H and O–H groups in total. The lowest BCUT2D eigenvalue weighted by molar-refractivity contribution is 0.0724. The number of pyridine rings is 1. The van der Waals surface area contributed by atoms with Crippen LogP contribution < -0.4 is 0 Å². The average molecular weight is 290 g/mol. The minimum Gasteiger partial charge on any atom is -0.388 e. The van der Waals surface area contributed by atoms with Gasteiger partial charge in [0.15, 0.2) is 0 Å². The Labute approximate surface area is 124 Å². The molecule has 1 saturated carbocycles. The van der Waals surface area contributed by atoms with Gasteiger partial charge in [-0.15, -0.1) is 0 Å². The zero-order valence-corrected chi connectivity index (χ0v) is 12.5. The largest absolute Gasteiger partial charge is 0.388 e. The Balaban J connectivity index is 1.99. The Kier molecular flexibility index (Phi) is 3.95. The minimum absolute atomic E-state index is 0.338. The predicted octanol–water partition coefficient (Wildman–Crippen LogP) is 4.75. The van der Waals surface area contributed by atoms with Crippen molar-refractivity contribution < 1.29 is 5.11 Å². The molecule has 0 aliphatic heterocycles. The smallest absolute Gasteiger partial charge is 0.0839 e. The molecule has 3 atom stereocenters. The van der Waals surface area contributed by atoms with Crippen molar-refractivity contribution in [2.24, 2.45) is 11.8 Å². The Morgan fingerprint density at radius 3 is 2.95 bits per heavy atom. The number of rotatable bonds is 2. The molecule has 0 saturated heterocycles. The van der Waals surface area contributed by atoms with Crippen LogP contribution in [0.1, 0.15) is 44.3 Å². The predicted molar refractivity (Wildman–Crippen MR) is 82.8 cm³/mol. The van der Waals surface area contributed by atoms with Gasteiger partial charge in [0.25, 0.3) is 0 Å². The van der Waals surface area contributed by atoms with Crippen molar-refractivity contribution in [2.75, 3.05) is 0 Å². The molecule has 3 unspecified atom stereocenters. The number of halogens is 1. The van der Waals surface area contributed by atoms with Crippen LogP contribution in [0, 0.1) is 11.8 Å². The molecule has 3 heteroatoms. The maximum atomic E-state index is 10.8. The average Bonchev–Trinajstić information content (AvgIpc) is 2.47. The van der Waals surface area contributed by atoms with Crippen molar-refractivity contribution in [2.45, 2.75) is 38.7 Å². The second-order valence-electron chi connectivity index (χ2n) is 6.01. The SMILES string of the molecule is CC1CCCC(C(O)c2ccc(Cl)c3cccnc23)C1. The van der Waals surface area contributed by atoms with Crippen LogP contribution in [-0.4, -0.2) is 10.1 Å². The number of benzene rings is 1. The minimum atomic E-state index is -0.438. The second-order valence-corrected chi connectivity index (χ2v) is 6.42. The molecule has 3 rings (SSSR count). The van der Waals surface area contributed by atoms with Crippen molar-refractivity contribution in [3.05, 3.63) is 41.0 Å². The molecule has 2 nitrogen and oxygen atoms in total. The van der Waals surface area contributed by atoms with E-state index < -0.39 is 6.10 Å². The van der Waals surface area contributed by atoms with Gasteiger partial charge in [0.05, 0.1) is 11.6 Å². The Hall–Kier alpha value is -1.12. The van der Waals surface area contributed by atoms with Gasteiger partial charge in [0.2, 0.25) is 0 Å². The lowest BCUT2D eigenvalue weighted by Gasteiger charge is -2.31. The molecule has 0 bridgehead atoms. The molecule has 1 aromatic carbocycles. The van der Waals surface area contributed by atoms with Gasteiger partial charge in [-0.05, 0) is 42.9 Å². The molecule has 20 heavy (non-hydrogen) atoms. The zero-order valence-electron chi connectivity index (χ0n) is 11.7. The number of hydrogen-bond donors (Lipinski definition) is 1. The fourth-order valence-corrected chi connectivity index (χ4v) is 3.64. The number of fused-ring (bicyclic) bond motifs is 1. The van der Waals surface area contributed by atoms with Crippen LogP contribution in [0.3, 0.4) is 0 Å². The van der Waals surface area contributed by atoms with E-state index in [2.05, 4.69) is 11.9 Å². The van der Waals surface area contributed by atoms with Crippen LogP contribution in [0.25, 0.3) is 10.9 Å². The fourth-order valence-electron chi connectivity index (χ4n) is 3.42. The van der Waals surface area contributed by atoms with E-state index in [1.165, 1.54) is 12.8 Å². The molecule has 0 spiro atoms. The lowest BCUT2D eigenvalue weighted by atomic mass is 9.77. The molecular formula is C17H20ClNO. The van der Waals surface area contributed by atoms with Crippen LogP contribution >= 0.6 is 11.6 Å². The van der Waals surface area contributed by atoms with Gasteiger partial charge < -0.3 is 5.11 Å². The van der Waals surface area contributed by atoms with Crippen LogP contribution in [0.2, 0.25) is 5.02 Å². The van der Waals surface area contributed by atoms with Crippen molar-refractivity contribution in [3.63, 3.8) is 0 Å². The summed E-state index contributed by atoms with van der Waals surface area (Å²) >= 11 is 6.22. The third kappa shape index (κ3) is 2.55. The zero-order chi connectivity index (χ0) is 14.1. The molecule has 1 aliphatic carbocycles. The molecule has 1 heterocycles. The third-order valence-corrected chi connectivity index (χ3v) is 4.82. The molecule has 106 valence electrons. The molecule has 0 radical (unpaired) electrons. The second kappa shape index (κ2) is 5.71. The highest BCUT2D eigenvalue weighted by Gasteiger charge is 2.27. The van der Waals surface area contributed by atoms with E-state index in [0.717, 1.165) is 29.3 Å². The number of aromatic nitrogens is 1. The van der Waals surface area contributed by atoms with Crippen molar-refractivity contribution in [1.82, 2.24) is 4.98 Å². The molecule has 1 fully saturated rings. The summed E-state index contributed by atoms with van der Waals surface area (Å²) in [5.74, 6) is 1.04. The maximum Gasteiger partial charge on any atom is 0.0839 e. The van der Waals surface area contributed by atoms with Crippen molar-refractivity contribution >= 4 is 22.5 Å². The van der Waals surface area contributed by atoms with Gasteiger partial charge in [-0.2, -0.15) is 0 Å². The Bertz CT molecular complexity index is 613. The lowest BCUT2D eigenvalue weighted by Crippen LogP contribution is -2.20. The van der Waals surface area contributed by atoms with Crippen LogP contribution in [-0.2, 0) is 0 Å². The first-order chi connectivity index (χ1) is 9.66. The summed E-state index contributed by atoms with van der Waals surface area (Å²) in [6.45, 7) is 2.27. The van der Waals surface area contributed by atoms with Gasteiger partial charge in [0.1, 0.15) is 0 Å². The van der Waals surface area contributed by atoms with E-state index in [1.807, 2.05) is 24.3 Å². The summed E-state index contributed by atoms with van der Waals surface area (Å²) in [5, 5.41) is 12.4. The van der Waals surface area contributed by atoms with Gasteiger partial charge in [-0.3, -0.25) is 4.98 Å². The summed E-state index contributed by atoms with van der Waals surface area (Å²) in [6, 6.07) is 7.65. The van der Waals surface area contributed by atoms with Gasteiger partial charge >= 0.3 is 0 Å². The van der Waals surface area contributed by atoms with Crippen molar-refractivity contribution in [1.29, 1.82) is 0 Å². The Morgan fingerprint density at radius 1 is 1.30 bits per heavy atom. The molecule has 1 aliphatic rings. The van der Waals surface area contributed by atoms with Crippen molar-refractivity contribution in [3.8, 4) is 0 Å². The summed E-state index contributed by atoms with van der Waals surface area (Å²) < 4.78 is 0. The Morgan fingerprint density at radius 2 is 2.15 bits per heavy atom. The highest BCUT2D eigenvalue weighted by Crippen LogP contribution is 2.39. The van der Waals surface area contributed by atoms with E-state index in [-0.39, 0.29) is 0 Å². The first-order valence-electron chi connectivity index (χ1n) is 7.38. The van der Waals surface area contributed by atoms with Gasteiger partial charge in [0, 0.05) is 22.2 Å². The summed E-state index contributed by atoms with van der Waals surface area (Å²) in [4.78, 5) is 4.43. The fraction of sp³-hybridized carbons (Fsp3) is 0.471. The van der Waals surface area contributed by atoms with Gasteiger partial charge in [-0.1, -0.05) is 37.4 Å². The first kappa shape index (κ1) is 13.8. The topological polar surface area (TPSA) is 33.1 Å². The number of aliphatic hydroxyl groups is 1. The first-order valence-corrected chi connectivity index (χ1v) is 7.76. The quantitative estimate of drug-likeness (QED) is 0.865. The van der Waals surface area contributed by atoms with E-state index in [0.29, 0.717) is 16.9 Å². The van der Waals surface area contributed by atoms with E-state index >= 15 is 0 Å². The van der Waals surface area contributed by atoms with Crippen LogP contribution in [0.15, 0.2) is 30.5 Å². The number of aliphatic hydroxyl groups excluding tert-OH is 1. The summed E-state index contributed by atoms with van der Waals surface area (Å²) in [7, 11) is 0. The highest BCUT2D eigenvalue weighted by molar-refractivity contribution is 6.35. The molecular weight excluding hydrogens is 270 g/mol. The summed E-state index contributed by atoms with van der Waals surface area (Å²) in [6.07, 6.45) is 6.01.